The first kappa shape index (κ1) is 17.5. The van der Waals surface area contributed by atoms with Crippen molar-refractivity contribution in [2.24, 2.45) is 0 Å². The normalized spacial score (nSPS) is 10.1. The number of ether oxygens (including phenoxy) is 1. The number of pyridine rings is 1. The van der Waals surface area contributed by atoms with Gasteiger partial charge in [-0.2, -0.15) is 0 Å². The van der Waals surface area contributed by atoms with Gasteiger partial charge in [-0.25, -0.2) is 0 Å². The van der Waals surface area contributed by atoms with Crippen LogP contribution in [0.15, 0.2) is 48.8 Å². The monoisotopic (exact) mass is 327 g/mol. The molecule has 0 aliphatic heterocycles. The number of benzene rings is 1. The largest absolute Gasteiger partial charge is 0.492 e. The maximum Gasteiger partial charge on any atom is 0.244 e. The summed E-state index contributed by atoms with van der Waals surface area (Å²) < 4.78 is 5.48. The minimum absolute atomic E-state index is 0.0370. The fourth-order valence-corrected chi connectivity index (χ4v) is 2.20. The lowest BCUT2D eigenvalue weighted by Crippen LogP contribution is -2.36. The molecule has 2 aromatic rings. The van der Waals surface area contributed by atoms with Crippen molar-refractivity contribution in [3.63, 3.8) is 0 Å². The van der Waals surface area contributed by atoms with E-state index in [0.29, 0.717) is 24.6 Å². The van der Waals surface area contributed by atoms with Crippen LogP contribution in [-0.4, -0.2) is 34.8 Å². The van der Waals surface area contributed by atoms with Crippen molar-refractivity contribution >= 4 is 17.5 Å². The van der Waals surface area contributed by atoms with Crippen LogP contribution < -0.4 is 10.1 Å². The number of amides is 2. The number of anilines is 1. The summed E-state index contributed by atoms with van der Waals surface area (Å²) in [5, 5.41) is 2.79. The molecule has 1 aromatic heterocycles. The predicted molar refractivity (Wildman–Crippen MR) is 91.6 cm³/mol. The zero-order valence-corrected chi connectivity index (χ0v) is 13.9. The van der Waals surface area contributed by atoms with Crippen molar-refractivity contribution in [3.05, 3.63) is 54.4 Å². The van der Waals surface area contributed by atoms with Gasteiger partial charge in [0.1, 0.15) is 12.3 Å². The fraction of sp³-hybridized carbons (Fsp3) is 0.278. The van der Waals surface area contributed by atoms with E-state index in [1.165, 1.54) is 11.8 Å². The molecule has 6 heteroatoms. The number of hydrogen-bond acceptors (Lipinski definition) is 4. The van der Waals surface area contributed by atoms with Gasteiger partial charge in [0.2, 0.25) is 11.8 Å². The number of carbonyl (C=O) groups excluding carboxylic acids is 2. The van der Waals surface area contributed by atoms with E-state index in [-0.39, 0.29) is 18.4 Å². The van der Waals surface area contributed by atoms with E-state index in [1.54, 1.807) is 30.6 Å². The molecule has 0 atom stereocenters. The Morgan fingerprint density at radius 2 is 2.00 bits per heavy atom. The summed E-state index contributed by atoms with van der Waals surface area (Å²) in [5.74, 6) is 0.156. The summed E-state index contributed by atoms with van der Waals surface area (Å²) in [6.07, 6.45) is 3.34. The molecule has 0 radical (unpaired) electrons. The van der Waals surface area contributed by atoms with Crippen LogP contribution in [-0.2, 0) is 16.1 Å². The van der Waals surface area contributed by atoms with Gasteiger partial charge >= 0.3 is 0 Å². The summed E-state index contributed by atoms with van der Waals surface area (Å²) >= 11 is 0. The molecular formula is C18H21N3O3. The van der Waals surface area contributed by atoms with E-state index < -0.39 is 0 Å². The summed E-state index contributed by atoms with van der Waals surface area (Å²) in [6.45, 7) is 4.13. The van der Waals surface area contributed by atoms with E-state index in [9.17, 15) is 9.59 Å². The van der Waals surface area contributed by atoms with E-state index in [0.717, 1.165) is 5.56 Å². The number of hydrogen-bond donors (Lipinski definition) is 1. The molecule has 6 nitrogen and oxygen atoms in total. The molecule has 0 bridgehead atoms. The number of nitrogens with zero attached hydrogens (tertiary/aromatic N) is 2. The topological polar surface area (TPSA) is 71.5 Å². The molecule has 0 fully saturated rings. The van der Waals surface area contributed by atoms with Crippen molar-refractivity contribution in [1.29, 1.82) is 0 Å². The Hall–Kier alpha value is -2.89. The van der Waals surface area contributed by atoms with Crippen LogP contribution >= 0.6 is 0 Å². The summed E-state index contributed by atoms with van der Waals surface area (Å²) in [5.41, 5.74) is 1.46. The highest BCUT2D eigenvalue weighted by atomic mass is 16.5. The van der Waals surface area contributed by atoms with Gasteiger partial charge in [0.05, 0.1) is 12.3 Å². The Kier molecular flexibility index (Phi) is 6.31. The molecule has 0 aliphatic rings. The maximum absolute atomic E-state index is 12.3. The van der Waals surface area contributed by atoms with Crippen LogP contribution in [0.5, 0.6) is 5.75 Å². The molecule has 2 rings (SSSR count). The van der Waals surface area contributed by atoms with Gasteiger partial charge in [-0.15, -0.1) is 0 Å². The highest BCUT2D eigenvalue weighted by molar-refractivity contribution is 5.95. The second kappa shape index (κ2) is 8.67. The van der Waals surface area contributed by atoms with Gasteiger partial charge in [-0.3, -0.25) is 14.6 Å². The number of aromatic nitrogens is 1. The average molecular weight is 327 g/mol. The Bertz CT molecular complexity index is 689. The molecule has 24 heavy (non-hydrogen) atoms. The summed E-state index contributed by atoms with van der Waals surface area (Å²) in [6, 6.07) is 10.9. The molecule has 0 saturated carbocycles. The van der Waals surface area contributed by atoms with E-state index >= 15 is 0 Å². The molecule has 0 saturated heterocycles. The molecule has 0 unspecified atom stereocenters. The number of para-hydroxylation sites is 2. The summed E-state index contributed by atoms with van der Waals surface area (Å²) in [7, 11) is 0. The van der Waals surface area contributed by atoms with Crippen LogP contribution in [0, 0.1) is 0 Å². The van der Waals surface area contributed by atoms with E-state index in [2.05, 4.69) is 10.3 Å². The van der Waals surface area contributed by atoms with Crippen LogP contribution in [0.3, 0.4) is 0 Å². The Balaban J connectivity index is 2.02. The quantitative estimate of drug-likeness (QED) is 0.848. The standard InChI is InChI=1S/C18H21N3O3/c1-3-24-17-9-5-4-8-16(17)20-18(23)13-21(14(2)22)12-15-7-6-10-19-11-15/h4-11H,3,12-13H2,1-2H3,(H,20,23). The molecule has 1 aromatic carbocycles. The Morgan fingerprint density at radius 1 is 1.21 bits per heavy atom. The van der Waals surface area contributed by atoms with Crippen LogP contribution in [0.4, 0.5) is 5.69 Å². The van der Waals surface area contributed by atoms with Crippen LogP contribution in [0.1, 0.15) is 19.4 Å². The molecule has 2 amide bonds. The third-order valence-corrected chi connectivity index (χ3v) is 3.34. The third kappa shape index (κ3) is 5.08. The predicted octanol–water partition coefficient (Wildman–Crippen LogP) is 2.47. The minimum Gasteiger partial charge on any atom is -0.492 e. The average Bonchev–Trinajstić information content (AvgIpc) is 2.57. The van der Waals surface area contributed by atoms with Gasteiger partial charge in [0.15, 0.2) is 0 Å². The van der Waals surface area contributed by atoms with Gasteiger partial charge < -0.3 is 15.0 Å². The van der Waals surface area contributed by atoms with Crippen molar-refractivity contribution < 1.29 is 14.3 Å². The summed E-state index contributed by atoms with van der Waals surface area (Å²) in [4.78, 5) is 29.6. The number of rotatable bonds is 7. The maximum atomic E-state index is 12.3. The van der Waals surface area contributed by atoms with Gasteiger partial charge in [-0.05, 0) is 30.7 Å². The minimum atomic E-state index is -0.277. The van der Waals surface area contributed by atoms with E-state index in [1.807, 2.05) is 25.1 Å². The van der Waals surface area contributed by atoms with Crippen molar-refractivity contribution in [3.8, 4) is 5.75 Å². The lowest BCUT2D eigenvalue weighted by atomic mass is 10.2. The zero-order valence-electron chi connectivity index (χ0n) is 13.9. The molecule has 1 N–H and O–H groups in total. The second-order valence-electron chi connectivity index (χ2n) is 5.21. The fourth-order valence-electron chi connectivity index (χ4n) is 2.20. The van der Waals surface area contributed by atoms with Crippen LogP contribution in [0.2, 0.25) is 0 Å². The van der Waals surface area contributed by atoms with Gasteiger partial charge in [0, 0.05) is 25.9 Å². The first-order valence-electron chi connectivity index (χ1n) is 7.76. The molecule has 126 valence electrons. The Morgan fingerprint density at radius 3 is 2.67 bits per heavy atom. The highest BCUT2D eigenvalue weighted by Crippen LogP contribution is 2.23. The first-order valence-corrected chi connectivity index (χ1v) is 7.76. The van der Waals surface area contributed by atoms with Crippen molar-refractivity contribution in [2.75, 3.05) is 18.5 Å². The third-order valence-electron chi connectivity index (χ3n) is 3.34. The van der Waals surface area contributed by atoms with Crippen molar-refractivity contribution in [1.82, 2.24) is 9.88 Å². The lowest BCUT2D eigenvalue weighted by Gasteiger charge is -2.21. The first-order chi connectivity index (χ1) is 11.6. The van der Waals surface area contributed by atoms with Crippen LogP contribution in [0.25, 0.3) is 0 Å². The molecule has 1 heterocycles. The number of nitrogens with one attached hydrogen (secondary N) is 1. The number of carbonyl (C=O) groups is 2. The van der Waals surface area contributed by atoms with Gasteiger partial charge in [-0.1, -0.05) is 18.2 Å². The molecule has 0 aliphatic carbocycles. The Labute approximate surface area is 141 Å². The molecule has 0 spiro atoms. The lowest BCUT2D eigenvalue weighted by molar-refractivity contribution is -0.133. The van der Waals surface area contributed by atoms with Gasteiger partial charge in [0.25, 0.3) is 0 Å². The smallest absolute Gasteiger partial charge is 0.244 e. The SMILES string of the molecule is CCOc1ccccc1NC(=O)CN(Cc1cccnc1)C(C)=O. The second-order valence-corrected chi connectivity index (χ2v) is 5.21. The molecular weight excluding hydrogens is 306 g/mol. The zero-order chi connectivity index (χ0) is 17.4. The highest BCUT2D eigenvalue weighted by Gasteiger charge is 2.15. The van der Waals surface area contributed by atoms with Crippen molar-refractivity contribution in [2.45, 2.75) is 20.4 Å². The van der Waals surface area contributed by atoms with E-state index in [4.69, 9.17) is 4.74 Å².